The lowest BCUT2D eigenvalue weighted by atomic mass is 9.85. The van der Waals surface area contributed by atoms with Gasteiger partial charge in [-0.1, -0.05) is 81.4 Å². The molecular weight excluding hydrogens is 388 g/mol. The molecule has 5 aromatic rings. The SMILES string of the molecule is [2H]C([2H])(c1cc2c3c(nccc3c1)-c1ccc3ccccc3c1N2c1ccccc1)C(C)(C)C. The lowest BCUT2D eigenvalue weighted by Gasteiger charge is -2.34. The summed E-state index contributed by atoms with van der Waals surface area (Å²) in [6, 6.07) is 29.2. The second-order valence-electron chi connectivity index (χ2n) is 9.48. The van der Waals surface area contributed by atoms with Crippen molar-refractivity contribution in [3.8, 4) is 11.3 Å². The molecule has 4 aromatic carbocycles. The molecule has 32 heavy (non-hydrogen) atoms. The summed E-state index contributed by atoms with van der Waals surface area (Å²) in [5.41, 5.74) is 5.27. The van der Waals surface area contributed by atoms with Gasteiger partial charge in [-0.3, -0.25) is 4.98 Å². The molecule has 6 rings (SSSR count). The second kappa shape index (κ2) is 6.93. The van der Waals surface area contributed by atoms with Crippen LogP contribution in [0.5, 0.6) is 0 Å². The molecule has 0 radical (unpaired) electrons. The maximum absolute atomic E-state index is 9.02. The van der Waals surface area contributed by atoms with Crippen molar-refractivity contribution in [2.45, 2.75) is 27.1 Å². The van der Waals surface area contributed by atoms with Gasteiger partial charge in [0, 0.05) is 31.0 Å². The van der Waals surface area contributed by atoms with Crippen molar-refractivity contribution in [1.29, 1.82) is 0 Å². The molecule has 0 saturated heterocycles. The van der Waals surface area contributed by atoms with E-state index in [9.17, 15) is 0 Å². The van der Waals surface area contributed by atoms with Gasteiger partial charge in [0.15, 0.2) is 0 Å². The fraction of sp³-hybridized carbons (Fsp3) is 0.167. The van der Waals surface area contributed by atoms with Gasteiger partial charge in [-0.15, -0.1) is 0 Å². The number of fused-ring (bicyclic) bond motifs is 4. The molecule has 0 aliphatic carbocycles. The number of nitrogens with zero attached hydrogens (tertiary/aromatic N) is 2. The van der Waals surface area contributed by atoms with Crippen molar-refractivity contribution in [2.24, 2.45) is 5.41 Å². The van der Waals surface area contributed by atoms with E-state index in [1.807, 2.05) is 63.4 Å². The molecule has 1 aromatic heterocycles. The van der Waals surface area contributed by atoms with Gasteiger partial charge in [-0.05, 0) is 52.4 Å². The zero-order valence-electron chi connectivity index (χ0n) is 20.6. The number of para-hydroxylation sites is 1. The smallest absolute Gasteiger partial charge is 0.0822 e. The monoisotopic (exact) mass is 416 g/mol. The quantitative estimate of drug-likeness (QED) is 0.281. The Morgan fingerprint density at radius 2 is 1.62 bits per heavy atom. The number of hydrogen-bond donors (Lipinski definition) is 0. The Labute approximate surface area is 192 Å². The van der Waals surface area contributed by atoms with Crippen molar-refractivity contribution >= 4 is 38.6 Å². The third kappa shape index (κ3) is 2.98. The Morgan fingerprint density at radius 3 is 2.44 bits per heavy atom. The number of aromatic nitrogens is 1. The molecule has 2 heteroatoms. The Balaban J connectivity index is 1.78. The van der Waals surface area contributed by atoms with Gasteiger partial charge < -0.3 is 4.90 Å². The van der Waals surface area contributed by atoms with Crippen LogP contribution in [0.3, 0.4) is 0 Å². The molecule has 0 N–H and O–H groups in total. The molecule has 0 spiro atoms. The standard InChI is InChI=1S/C30H26N2/c1-30(2,3)19-20-17-22-15-16-31-28-25-14-13-21-9-7-8-12-24(21)29(25)32(26(18-20)27(22)28)23-10-5-4-6-11-23/h4-18H,19H2,1-3H3/i19D2. The van der Waals surface area contributed by atoms with Crippen molar-refractivity contribution in [1.82, 2.24) is 4.98 Å². The summed E-state index contributed by atoms with van der Waals surface area (Å²) in [6.45, 7) is 5.87. The van der Waals surface area contributed by atoms with Gasteiger partial charge in [0.05, 0.1) is 17.1 Å². The van der Waals surface area contributed by atoms with E-state index in [-0.39, 0.29) is 0 Å². The van der Waals surface area contributed by atoms with Crippen LogP contribution in [0.2, 0.25) is 0 Å². The van der Waals surface area contributed by atoms with Crippen LogP contribution in [-0.4, -0.2) is 4.98 Å². The van der Waals surface area contributed by atoms with E-state index in [0.717, 1.165) is 44.5 Å². The highest BCUT2D eigenvalue weighted by molar-refractivity contribution is 6.17. The zero-order chi connectivity index (χ0) is 23.7. The van der Waals surface area contributed by atoms with Crippen LogP contribution in [0.1, 0.15) is 29.1 Å². The average Bonchev–Trinajstić information content (AvgIpc) is 2.84. The lowest BCUT2D eigenvalue weighted by molar-refractivity contribution is 0.411. The van der Waals surface area contributed by atoms with Crippen molar-refractivity contribution < 1.29 is 2.74 Å². The molecule has 1 aliphatic rings. The van der Waals surface area contributed by atoms with Crippen molar-refractivity contribution in [3.63, 3.8) is 0 Å². The highest BCUT2D eigenvalue weighted by Gasteiger charge is 2.29. The number of pyridine rings is 1. The van der Waals surface area contributed by atoms with E-state index in [1.165, 1.54) is 5.39 Å². The summed E-state index contributed by atoms with van der Waals surface area (Å²) >= 11 is 0. The Morgan fingerprint density at radius 1 is 0.844 bits per heavy atom. The van der Waals surface area contributed by atoms with Crippen LogP contribution in [-0.2, 0) is 6.37 Å². The molecule has 0 fully saturated rings. The van der Waals surface area contributed by atoms with Crippen molar-refractivity contribution in [2.75, 3.05) is 4.90 Å². The van der Waals surface area contributed by atoms with E-state index < -0.39 is 11.8 Å². The molecule has 0 saturated carbocycles. The van der Waals surface area contributed by atoms with Crippen LogP contribution in [0.15, 0.2) is 91.1 Å². The summed E-state index contributed by atoms with van der Waals surface area (Å²) in [5, 5.41) is 4.38. The minimum absolute atomic E-state index is 0.555. The molecule has 0 atom stereocenters. The second-order valence-corrected chi connectivity index (χ2v) is 9.48. The predicted octanol–water partition coefficient (Wildman–Crippen LogP) is 8.43. The highest BCUT2D eigenvalue weighted by atomic mass is 15.2. The molecule has 156 valence electrons. The van der Waals surface area contributed by atoms with Gasteiger partial charge in [0.25, 0.3) is 0 Å². The van der Waals surface area contributed by atoms with Crippen LogP contribution in [0, 0.1) is 5.41 Å². The molecule has 0 bridgehead atoms. The Hall–Kier alpha value is -3.65. The predicted molar refractivity (Wildman–Crippen MR) is 136 cm³/mol. The summed E-state index contributed by atoms with van der Waals surface area (Å²) in [7, 11) is 0. The van der Waals surface area contributed by atoms with E-state index in [4.69, 9.17) is 7.73 Å². The minimum Gasteiger partial charge on any atom is -0.308 e. The van der Waals surface area contributed by atoms with E-state index in [2.05, 4.69) is 53.4 Å². The Kier molecular flexibility index (Phi) is 3.67. The molecule has 2 nitrogen and oxygen atoms in total. The molecule has 2 heterocycles. The van der Waals surface area contributed by atoms with E-state index in [0.29, 0.717) is 5.56 Å². The lowest BCUT2D eigenvalue weighted by Crippen LogP contribution is -2.17. The topological polar surface area (TPSA) is 16.1 Å². The molecular formula is C30H26N2. The first-order valence-corrected chi connectivity index (χ1v) is 11.1. The van der Waals surface area contributed by atoms with Crippen LogP contribution < -0.4 is 4.90 Å². The van der Waals surface area contributed by atoms with Gasteiger partial charge >= 0.3 is 0 Å². The summed E-state index contributed by atoms with van der Waals surface area (Å²) in [4.78, 5) is 7.12. The maximum Gasteiger partial charge on any atom is 0.0822 e. The largest absolute Gasteiger partial charge is 0.308 e. The van der Waals surface area contributed by atoms with Crippen molar-refractivity contribution in [3.05, 3.63) is 96.7 Å². The first-order valence-electron chi connectivity index (χ1n) is 12.1. The van der Waals surface area contributed by atoms with Crippen LogP contribution >= 0.6 is 0 Å². The number of benzene rings is 4. The van der Waals surface area contributed by atoms with Crippen LogP contribution in [0.4, 0.5) is 17.1 Å². The van der Waals surface area contributed by atoms with Gasteiger partial charge in [-0.2, -0.15) is 0 Å². The third-order valence-electron chi connectivity index (χ3n) is 6.00. The zero-order valence-corrected chi connectivity index (χ0v) is 18.6. The third-order valence-corrected chi connectivity index (χ3v) is 6.00. The molecule has 1 aliphatic heterocycles. The fourth-order valence-electron chi connectivity index (χ4n) is 4.83. The summed E-state index contributed by atoms with van der Waals surface area (Å²) in [5.74, 6) is 0. The number of anilines is 3. The summed E-state index contributed by atoms with van der Waals surface area (Å²) < 4.78 is 18.0. The first-order chi connectivity index (χ1) is 16.3. The molecule has 0 amide bonds. The van der Waals surface area contributed by atoms with Gasteiger partial charge in [-0.25, -0.2) is 0 Å². The van der Waals surface area contributed by atoms with E-state index >= 15 is 0 Å². The van der Waals surface area contributed by atoms with Gasteiger partial charge in [0.2, 0.25) is 0 Å². The summed E-state index contributed by atoms with van der Waals surface area (Å²) in [6.07, 6.45) is 0.331. The number of rotatable bonds is 2. The van der Waals surface area contributed by atoms with Gasteiger partial charge in [0.1, 0.15) is 0 Å². The normalized spacial score (nSPS) is 14.3. The molecule has 0 unspecified atom stereocenters. The highest BCUT2D eigenvalue weighted by Crippen LogP contribution is 2.52. The fourth-order valence-corrected chi connectivity index (χ4v) is 4.83. The minimum atomic E-state index is -1.51. The van der Waals surface area contributed by atoms with Crippen LogP contribution in [0.25, 0.3) is 32.8 Å². The number of hydrogen-bond acceptors (Lipinski definition) is 2. The average molecular weight is 417 g/mol. The maximum atomic E-state index is 9.02. The Bertz CT molecular complexity index is 1570. The van der Waals surface area contributed by atoms with E-state index in [1.54, 1.807) is 0 Å². The first kappa shape index (κ1) is 17.0.